The number of nitrogens with one attached hydrogen (secondary N) is 1. The van der Waals surface area contributed by atoms with Gasteiger partial charge in [-0.2, -0.15) is 0 Å². The van der Waals surface area contributed by atoms with Gasteiger partial charge in [0.25, 0.3) is 0 Å². The van der Waals surface area contributed by atoms with Crippen LogP contribution in [-0.2, 0) is 36.9 Å². The molecule has 0 aromatic heterocycles. The SMILES string of the molecule is c1ccc(CO[C@H]2O[C@@H]3CO[C@H](c4ccccc4)O[C@H]3[C@H](OCc3ccccc3)[C@H]2Nc2ccccc2)cc1. The van der Waals surface area contributed by atoms with Gasteiger partial charge < -0.3 is 29.0 Å². The summed E-state index contributed by atoms with van der Waals surface area (Å²) in [5, 5.41) is 3.65. The molecule has 0 bridgehead atoms. The highest BCUT2D eigenvalue weighted by molar-refractivity contribution is 5.44. The molecule has 0 aliphatic carbocycles. The molecule has 4 aromatic carbocycles. The Labute approximate surface area is 229 Å². The quantitative estimate of drug-likeness (QED) is 0.286. The maximum Gasteiger partial charge on any atom is 0.184 e. The highest BCUT2D eigenvalue weighted by Crippen LogP contribution is 2.37. The van der Waals surface area contributed by atoms with E-state index in [1.165, 1.54) is 0 Å². The van der Waals surface area contributed by atoms with Crippen LogP contribution in [0.1, 0.15) is 23.0 Å². The van der Waals surface area contributed by atoms with Crippen LogP contribution in [0.3, 0.4) is 0 Å². The first-order valence-corrected chi connectivity index (χ1v) is 13.4. The lowest BCUT2D eigenvalue weighted by atomic mass is 9.95. The van der Waals surface area contributed by atoms with E-state index in [0.29, 0.717) is 19.8 Å². The number of rotatable bonds is 9. The number of fused-ring (bicyclic) bond motifs is 1. The third-order valence-electron chi connectivity index (χ3n) is 7.06. The van der Waals surface area contributed by atoms with E-state index in [0.717, 1.165) is 22.4 Å². The number of ether oxygens (including phenoxy) is 5. The first kappa shape index (κ1) is 25.7. The van der Waals surface area contributed by atoms with E-state index in [4.69, 9.17) is 23.7 Å². The zero-order chi connectivity index (χ0) is 26.3. The Balaban J connectivity index is 1.30. The van der Waals surface area contributed by atoms with Gasteiger partial charge in [-0.1, -0.05) is 109 Å². The molecule has 2 aliphatic rings. The molecule has 6 heteroatoms. The Morgan fingerprint density at radius 1 is 0.641 bits per heavy atom. The van der Waals surface area contributed by atoms with Crippen LogP contribution in [0.25, 0.3) is 0 Å². The van der Waals surface area contributed by atoms with Crippen LogP contribution < -0.4 is 5.32 Å². The van der Waals surface area contributed by atoms with Crippen molar-refractivity contribution in [3.8, 4) is 0 Å². The van der Waals surface area contributed by atoms with E-state index in [1.807, 2.05) is 109 Å². The minimum atomic E-state index is -0.590. The summed E-state index contributed by atoms with van der Waals surface area (Å²) in [7, 11) is 0. The van der Waals surface area contributed by atoms with E-state index in [1.54, 1.807) is 0 Å². The Morgan fingerprint density at radius 2 is 1.21 bits per heavy atom. The summed E-state index contributed by atoms with van der Waals surface area (Å²) in [6, 6.07) is 40.0. The van der Waals surface area contributed by atoms with E-state index in [-0.39, 0.29) is 24.4 Å². The first-order valence-electron chi connectivity index (χ1n) is 13.4. The summed E-state index contributed by atoms with van der Waals surface area (Å²) >= 11 is 0. The van der Waals surface area contributed by atoms with Gasteiger partial charge in [0.2, 0.25) is 0 Å². The summed E-state index contributed by atoms with van der Waals surface area (Å²) in [5.41, 5.74) is 4.08. The fourth-order valence-electron chi connectivity index (χ4n) is 5.09. The standard InChI is InChI=1S/C33H33NO5/c1-5-13-24(14-6-1)21-35-31-29(34-27-19-11-4-12-20-27)33(36-22-25-15-7-2-8-16-25)38-28-23-37-32(39-30(28)31)26-17-9-3-10-18-26/h1-20,28-34H,21-23H2/t28-,29-,30-,31-,32+,33+/m1/s1. The van der Waals surface area contributed by atoms with Gasteiger partial charge in [-0.3, -0.25) is 0 Å². The van der Waals surface area contributed by atoms with Crippen LogP contribution >= 0.6 is 0 Å². The first-order chi connectivity index (χ1) is 19.3. The molecule has 39 heavy (non-hydrogen) atoms. The highest BCUT2D eigenvalue weighted by atomic mass is 16.7. The molecule has 2 fully saturated rings. The van der Waals surface area contributed by atoms with Crippen molar-refractivity contribution in [3.63, 3.8) is 0 Å². The maximum absolute atomic E-state index is 6.69. The van der Waals surface area contributed by atoms with Gasteiger partial charge in [0.05, 0.1) is 19.8 Å². The van der Waals surface area contributed by atoms with Crippen molar-refractivity contribution in [2.75, 3.05) is 11.9 Å². The minimum Gasteiger partial charge on any atom is -0.375 e. The lowest BCUT2D eigenvalue weighted by Crippen LogP contribution is -2.65. The third kappa shape index (κ3) is 6.38. The molecule has 2 saturated heterocycles. The Morgan fingerprint density at radius 3 is 1.85 bits per heavy atom. The molecule has 0 spiro atoms. The third-order valence-corrected chi connectivity index (χ3v) is 7.06. The monoisotopic (exact) mass is 523 g/mol. The second-order valence-electron chi connectivity index (χ2n) is 9.81. The van der Waals surface area contributed by atoms with Crippen molar-refractivity contribution in [2.24, 2.45) is 0 Å². The lowest BCUT2D eigenvalue weighted by molar-refractivity contribution is -0.346. The van der Waals surface area contributed by atoms with Crippen molar-refractivity contribution in [1.82, 2.24) is 0 Å². The molecule has 6 rings (SSSR count). The van der Waals surface area contributed by atoms with E-state index < -0.39 is 12.6 Å². The maximum atomic E-state index is 6.69. The molecule has 200 valence electrons. The average molecular weight is 524 g/mol. The molecule has 2 heterocycles. The number of hydrogen-bond acceptors (Lipinski definition) is 6. The van der Waals surface area contributed by atoms with Crippen LogP contribution in [0.5, 0.6) is 0 Å². The van der Waals surface area contributed by atoms with Crippen LogP contribution in [0.15, 0.2) is 121 Å². The van der Waals surface area contributed by atoms with Gasteiger partial charge in [0.1, 0.15) is 24.4 Å². The van der Waals surface area contributed by atoms with Crippen LogP contribution in [0.2, 0.25) is 0 Å². The summed E-state index contributed by atoms with van der Waals surface area (Å²) in [6.45, 7) is 1.22. The average Bonchev–Trinajstić information content (AvgIpc) is 3.01. The fourth-order valence-corrected chi connectivity index (χ4v) is 5.09. The van der Waals surface area contributed by atoms with Crippen molar-refractivity contribution < 1.29 is 23.7 Å². The Hall–Kier alpha value is -3.52. The number of hydrogen-bond donors (Lipinski definition) is 1. The normalized spacial score (nSPS) is 26.5. The van der Waals surface area contributed by atoms with E-state index in [9.17, 15) is 0 Å². The largest absolute Gasteiger partial charge is 0.375 e. The molecule has 4 aromatic rings. The molecule has 6 nitrogen and oxygen atoms in total. The second kappa shape index (κ2) is 12.6. The van der Waals surface area contributed by atoms with Gasteiger partial charge >= 0.3 is 0 Å². The van der Waals surface area contributed by atoms with E-state index in [2.05, 4.69) is 17.4 Å². The number of para-hydroxylation sites is 1. The highest BCUT2D eigenvalue weighted by Gasteiger charge is 2.51. The summed E-state index contributed by atoms with van der Waals surface area (Å²) in [4.78, 5) is 0. The number of anilines is 1. The lowest BCUT2D eigenvalue weighted by Gasteiger charge is -2.49. The van der Waals surface area contributed by atoms with Crippen molar-refractivity contribution in [2.45, 2.75) is 50.1 Å². The van der Waals surface area contributed by atoms with Gasteiger partial charge in [-0.25, -0.2) is 0 Å². The predicted octanol–water partition coefficient (Wildman–Crippen LogP) is 6.11. The smallest absolute Gasteiger partial charge is 0.184 e. The van der Waals surface area contributed by atoms with Crippen molar-refractivity contribution in [1.29, 1.82) is 0 Å². The molecule has 0 amide bonds. The molecule has 0 radical (unpaired) electrons. The zero-order valence-electron chi connectivity index (χ0n) is 21.7. The molecule has 1 N–H and O–H groups in total. The van der Waals surface area contributed by atoms with Crippen molar-refractivity contribution >= 4 is 5.69 Å². The van der Waals surface area contributed by atoms with Crippen LogP contribution in [-0.4, -0.2) is 37.3 Å². The second-order valence-corrected chi connectivity index (χ2v) is 9.81. The minimum absolute atomic E-state index is 0.337. The predicted molar refractivity (Wildman–Crippen MR) is 149 cm³/mol. The summed E-state index contributed by atoms with van der Waals surface area (Å²) in [5.74, 6) is 0. The molecule has 0 saturated carbocycles. The van der Waals surface area contributed by atoms with Crippen LogP contribution in [0.4, 0.5) is 5.69 Å². The van der Waals surface area contributed by atoms with Gasteiger partial charge in [0, 0.05) is 11.3 Å². The van der Waals surface area contributed by atoms with Gasteiger partial charge in [-0.05, 0) is 23.3 Å². The zero-order valence-corrected chi connectivity index (χ0v) is 21.7. The van der Waals surface area contributed by atoms with Crippen molar-refractivity contribution in [3.05, 3.63) is 138 Å². The molecular weight excluding hydrogens is 490 g/mol. The Bertz CT molecular complexity index is 1270. The molecule has 6 atom stereocenters. The molecule has 2 aliphatic heterocycles. The Kier molecular flexibility index (Phi) is 8.29. The summed E-state index contributed by atoms with van der Waals surface area (Å²) < 4.78 is 32.4. The number of benzene rings is 4. The van der Waals surface area contributed by atoms with Gasteiger partial charge in [0.15, 0.2) is 12.6 Å². The van der Waals surface area contributed by atoms with Gasteiger partial charge in [-0.15, -0.1) is 0 Å². The fraction of sp³-hybridized carbons (Fsp3) is 0.273. The summed E-state index contributed by atoms with van der Waals surface area (Å²) in [6.07, 6.45) is -2.18. The molecular formula is C33H33NO5. The topological polar surface area (TPSA) is 58.2 Å². The van der Waals surface area contributed by atoms with Crippen LogP contribution in [0, 0.1) is 0 Å². The van der Waals surface area contributed by atoms with E-state index >= 15 is 0 Å². The molecule has 0 unspecified atom stereocenters.